The van der Waals surface area contributed by atoms with Crippen LogP contribution in [-0.4, -0.2) is 5.11 Å². The normalized spacial score (nSPS) is 15.7. The first kappa shape index (κ1) is 13.3. The van der Waals surface area contributed by atoms with Crippen molar-refractivity contribution in [3.8, 4) is 0 Å². The summed E-state index contributed by atoms with van der Waals surface area (Å²) in [4.78, 5) is 0. The van der Waals surface area contributed by atoms with Gasteiger partial charge >= 0.3 is 0 Å². The van der Waals surface area contributed by atoms with Crippen molar-refractivity contribution < 1.29 is 9.50 Å². The molecule has 1 atom stereocenters. The van der Waals surface area contributed by atoms with E-state index < -0.39 is 6.10 Å². The number of aliphatic hydroxyl groups excluding tert-OH is 1. The van der Waals surface area contributed by atoms with Crippen LogP contribution in [0.5, 0.6) is 0 Å². The lowest BCUT2D eigenvalue weighted by Gasteiger charge is -2.19. The van der Waals surface area contributed by atoms with Crippen LogP contribution in [0.1, 0.15) is 41.2 Å². The minimum atomic E-state index is -0.640. The highest BCUT2D eigenvalue weighted by atomic mass is 19.1. The van der Waals surface area contributed by atoms with Gasteiger partial charge in [-0.25, -0.2) is 4.39 Å². The minimum absolute atomic E-state index is 0.246. The molecule has 0 saturated carbocycles. The molecule has 1 N–H and O–H groups in total. The Bertz CT molecular complexity index is 606. The summed E-state index contributed by atoms with van der Waals surface area (Å²) in [6, 6.07) is 12.8. The predicted molar refractivity (Wildman–Crippen MR) is 78.1 cm³/mol. The van der Waals surface area contributed by atoms with Gasteiger partial charge in [0.05, 0.1) is 6.10 Å². The molecule has 0 bridgehead atoms. The molecule has 1 unspecified atom stereocenters. The number of halogens is 1. The Morgan fingerprint density at radius 3 is 2.55 bits per heavy atom. The van der Waals surface area contributed by atoms with Crippen molar-refractivity contribution in [2.45, 2.75) is 38.2 Å². The average Bonchev–Trinajstić information content (AvgIpc) is 2.49. The Labute approximate surface area is 119 Å². The fourth-order valence-corrected chi connectivity index (χ4v) is 2.95. The molecule has 20 heavy (non-hydrogen) atoms. The maximum Gasteiger partial charge on any atom is 0.126 e. The molecule has 1 aliphatic carbocycles. The molecule has 0 fully saturated rings. The summed E-state index contributed by atoms with van der Waals surface area (Å²) in [7, 11) is 0. The zero-order valence-corrected chi connectivity index (χ0v) is 11.5. The monoisotopic (exact) mass is 270 g/mol. The quantitative estimate of drug-likeness (QED) is 0.894. The summed E-state index contributed by atoms with van der Waals surface area (Å²) in [6.07, 6.45) is 4.39. The maximum absolute atomic E-state index is 13.6. The van der Waals surface area contributed by atoms with E-state index in [1.54, 1.807) is 18.2 Å². The molecular weight excluding hydrogens is 251 g/mol. The molecule has 0 spiro atoms. The molecule has 2 aromatic rings. The van der Waals surface area contributed by atoms with Crippen molar-refractivity contribution in [3.05, 3.63) is 70.5 Å². The summed E-state index contributed by atoms with van der Waals surface area (Å²) >= 11 is 0. The van der Waals surface area contributed by atoms with E-state index in [1.807, 2.05) is 6.07 Å². The van der Waals surface area contributed by atoms with Crippen molar-refractivity contribution >= 4 is 0 Å². The number of aryl methyl sites for hydroxylation is 2. The maximum atomic E-state index is 13.6. The van der Waals surface area contributed by atoms with Crippen molar-refractivity contribution in [2.24, 2.45) is 0 Å². The van der Waals surface area contributed by atoms with Crippen molar-refractivity contribution in [1.82, 2.24) is 0 Å². The summed E-state index contributed by atoms with van der Waals surface area (Å²) in [5.41, 5.74) is 4.21. The minimum Gasteiger partial charge on any atom is -0.388 e. The van der Waals surface area contributed by atoms with Crippen LogP contribution in [0, 0.1) is 5.82 Å². The predicted octanol–water partition coefficient (Wildman–Crippen LogP) is 3.98. The topological polar surface area (TPSA) is 20.2 Å². The summed E-state index contributed by atoms with van der Waals surface area (Å²) in [6.45, 7) is 0. The van der Waals surface area contributed by atoms with E-state index in [-0.39, 0.29) is 5.82 Å². The third-order valence-corrected chi connectivity index (χ3v) is 4.13. The van der Waals surface area contributed by atoms with Gasteiger partial charge in [-0.15, -0.1) is 0 Å². The van der Waals surface area contributed by atoms with E-state index in [0.717, 1.165) is 18.4 Å². The Morgan fingerprint density at radius 2 is 1.75 bits per heavy atom. The molecule has 0 aromatic heterocycles. The second-order valence-corrected chi connectivity index (χ2v) is 5.55. The van der Waals surface area contributed by atoms with Gasteiger partial charge in [0.15, 0.2) is 0 Å². The smallest absolute Gasteiger partial charge is 0.126 e. The van der Waals surface area contributed by atoms with E-state index in [0.29, 0.717) is 12.0 Å². The van der Waals surface area contributed by atoms with Crippen LogP contribution in [0.3, 0.4) is 0 Å². The standard InChI is InChI=1S/C18H19FO/c19-17-8-4-3-7-15(17)12-18(20)16-10-9-13-5-1-2-6-14(13)11-16/h3-4,7-11,18,20H,1-2,5-6,12H2. The molecular formula is C18H19FO. The summed E-state index contributed by atoms with van der Waals surface area (Å²) in [5, 5.41) is 10.3. The lowest BCUT2D eigenvalue weighted by atomic mass is 9.89. The largest absolute Gasteiger partial charge is 0.388 e. The number of rotatable bonds is 3. The van der Waals surface area contributed by atoms with Crippen molar-refractivity contribution in [2.75, 3.05) is 0 Å². The van der Waals surface area contributed by atoms with Crippen molar-refractivity contribution in [3.63, 3.8) is 0 Å². The van der Waals surface area contributed by atoms with Gasteiger partial charge in [0.1, 0.15) is 5.82 Å². The number of benzene rings is 2. The molecule has 0 radical (unpaired) electrons. The van der Waals surface area contributed by atoms with Gasteiger partial charge in [-0.05, 0) is 54.0 Å². The molecule has 2 aromatic carbocycles. The van der Waals surface area contributed by atoms with Crippen LogP contribution in [0.2, 0.25) is 0 Å². The second kappa shape index (κ2) is 5.76. The van der Waals surface area contributed by atoms with Gasteiger partial charge in [0.2, 0.25) is 0 Å². The van der Waals surface area contributed by atoms with Crippen molar-refractivity contribution in [1.29, 1.82) is 0 Å². The Hall–Kier alpha value is -1.67. The van der Waals surface area contributed by atoms with Gasteiger partial charge in [0, 0.05) is 6.42 Å². The highest BCUT2D eigenvalue weighted by Gasteiger charge is 2.15. The SMILES string of the molecule is OC(Cc1ccccc1F)c1ccc2c(c1)CCCC2. The number of aliphatic hydroxyl groups is 1. The molecule has 0 amide bonds. The van der Waals surface area contributed by atoms with E-state index in [4.69, 9.17) is 0 Å². The molecule has 0 heterocycles. The summed E-state index contributed by atoms with van der Waals surface area (Å²) in [5.74, 6) is -0.246. The highest BCUT2D eigenvalue weighted by Crippen LogP contribution is 2.26. The fraction of sp³-hybridized carbons (Fsp3) is 0.333. The molecule has 0 aliphatic heterocycles. The molecule has 1 nitrogen and oxygen atoms in total. The van der Waals surface area contributed by atoms with E-state index in [9.17, 15) is 9.50 Å². The Morgan fingerprint density at radius 1 is 1.00 bits per heavy atom. The molecule has 2 heteroatoms. The second-order valence-electron chi connectivity index (χ2n) is 5.55. The number of fused-ring (bicyclic) bond motifs is 1. The van der Waals surface area contributed by atoms with Crippen LogP contribution in [-0.2, 0) is 19.3 Å². The molecule has 104 valence electrons. The van der Waals surface area contributed by atoms with Gasteiger partial charge in [-0.2, -0.15) is 0 Å². The van der Waals surface area contributed by atoms with E-state index in [2.05, 4.69) is 12.1 Å². The van der Waals surface area contributed by atoms with Gasteiger partial charge in [-0.1, -0.05) is 36.4 Å². The lowest BCUT2D eigenvalue weighted by Crippen LogP contribution is -2.07. The first-order valence-corrected chi connectivity index (χ1v) is 7.27. The zero-order valence-electron chi connectivity index (χ0n) is 11.5. The Kier molecular flexibility index (Phi) is 3.83. The molecule has 3 rings (SSSR count). The number of hydrogen-bond donors (Lipinski definition) is 1. The third-order valence-electron chi connectivity index (χ3n) is 4.13. The first-order chi connectivity index (χ1) is 9.74. The first-order valence-electron chi connectivity index (χ1n) is 7.27. The third kappa shape index (κ3) is 2.75. The van der Waals surface area contributed by atoms with E-state index in [1.165, 1.54) is 30.0 Å². The van der Waals surface area contributed by atoms with Gasteiger partial charge < -0.3 is 5.11 Å². The average molecular weight is 270 g/mol. The Balaban J connectivity index is 1.80. The van der Waals surface area contributed by atoms with Gasteiger partial charge in [0.25, 0.3) is 0 Å². The van der Waals surface area contributed by atoms with Crippen LogP contribution < -0.4 is 0 Å². The van der Waals surface area contributed by atoms with Crippen LogP contribution >= 0.6 is 0 Å². The highest BCUT2D eigenvalue weighted by molar-refractivity contribution is 5.35. The number of hydrogen-bond acceptors (Lipinski definition) is 1. The van der Waals surface area contributed by atoms with Crippen LogP contribution in [0.15, 0.2) is 42.5 Å². The van der Waals surface area contributed by atoms with Crippen LogP contribution in [0.25, 0.3) is 0 Å². The van der Waals surface area contributed by atoms with Gasteiger partial charge in [-0.3, -0.25) is 0 Å². The lowest BCUT2D eigenvalue weighted by molar-refractivity contribution is 0.177. The van der Waals surface area contributed by atoms with E-state index >= 15 is 0 Å². The summed E-state index contributed by atoms with van der Waals surface area (Å²) < 4.78 is 13.6. The van der Waals surface area contributed by atoms with Crippen LogP contribution in [0.4, 0.5) is 4.39 Å². The molecule has 1 aliphatic rings. The molecule has 0 saturated heterocycles. The zero-order chi connectivity index (χ0) is 13.9. The fourth-order valence-electron chi connectivity index (χ4n) is 2.95.